The van der Waals surface area contributed by atoms with Crippen molar-refractivity contribution in [3.63, 3.8) is 0 Å². The zero-order valence-electron chi connectivity index (χ0n) is 17.5. The molecule has 0 bridgehead atoms. The van der Waals surface area contributed by atoms with Crippen LogP contribution < -0.4 is 0 Å². The van der Waals surface area contributed by atoms with Crippen molar-refractivity contribution >= 4 is 5.76 Å². The minimum absolute atomic E-state index is 0.0848. The van der Waals surface area contributed by atoms with Crippen LogP contribution in [0.1, 0.15) is 42.3 Å². The molecule has 28 heavy (non-hydrogen) atoms. The van der Waals surface area contributed by atoms with Gasteiger partial charge in [0.1, 0.15) is 11.5 Å². The largest absolute Gasteiger partial charge is 0.505 e. The molecule has 1 N–H and O–H groups in total. The van der Waals surface area contributed by atoms with Crippen molar-refractivity contribution in [1.29, 1.82) is 0 Å². The number of aryl methyl sites for hydroxylation is 2. The summed E-state index contributed by atoms with van der Waals surface area (Å²) in [4.78, 5) is 6.72. The third kappa shape index (κ3) is 5.09. The number of nitrogens with zero attached hydrogens (tertiary/aromatic N) is 2. The standard InChI is InChI=1S/C22H26N2O2.C2H6/c1-4-19(22(25)20-17(3)6-5-11-23-20)21(24-12-14-26-15-13-24)18-9-7-16(2)8-10-18;1-2/h4-11,21,25H,1,12-15H2,2-3H3;1-2H3/b22-19-;. The summed E-state index contributed by atoms with van der Waals surface area (Å²) in [6, 6.07) is 12.2. The normalized spacial score (nSPS) is 16.4. The summed E-state index contributed by atoms with van der Waals surface area (Å²) < 4.78 is 5.52. The van der Waals surface area contributed by atoms with Gasteiger partial charge in [-0.25, -0.2) is 0 Å². The summed E-state index contributed by atoms with van der Waals surface area (Å²) in [6.07, 6.45) is 3.46. The van der Waals surface area contributed by atoms with E-state index in [2.05, 4.69) is 47.7 Å². The van der Waals surface area contributed by atoms with Crippen molar-refractivity contribution in [1.82, 2.24) is 9.88 Å². The quantitative estimate of drug-likeness (QED) is 0.568. The Labute approximate surface area is 169 Å². The van der Waals surface area contributed by atoms with E-state index in [1.165, 1.54) is 5.56 Å². The van der Waals surface area contributed by atoms with Crippen molar-refractivity contribution in [2.45, 2.75) is 33.7 Å². The molecule has 0 radical (unpaired) electrons. The third-order valence-electron chi connectivity index (χ3n) is 4.83. The van der Waals surface area contributed by atoms with Gasteiger partial charge in [0.15, 0.2) is 0 Å². The minimum atomic E-state index is -0.0848. The molecule has 150 valence electrons. The number of aliphatic hydroxyl groups is 1. The first kappa shape index (κ1) is 21.9. The van der Waals surface area contributed by atoms with E-state index in [1.54, 1.807) is 12.3 Å². The van der Waals surface area contributed by atoms with Gasteiger partial charge in [-0.15, -0.1) is 0 Å². The monoisotopic (exact) mass is 380 g/mol. The van der Waals surface area contributed by atoms with E-state index in [1.807, 2.05) is 32.9 Å². The van der Waals surface area contributed by atoms with Crippen LogP contribution in [-0.4, -0.2) is 41.3 Å². The van der Waals surface area contributed by atoms with Crippen LogP contribution in [0.4, 0.5) is 0 Å². The fourth-order valence-electron chi connectivity index (χ4n) is 3.38. The van der Waals surface area contributed by atoms with E-state index in [-0.39, 0.29) is 11.8 Å². The van der Waals surface area contributed by atoms with E-state index >= 15 is 0 Å². The fourth-order valence-corrected chi connectivity index (χ4v) is 3.38. The Hall–Kier alpha value is -2.43. The number of hydrogen-bond donors (Lipinski definition) is 1. The molecule has 1 aliphatic rings. The van der Waals surface area contributed by atoms with E-state index in [4.69, 9.17) is 4.74 Å². The summed E-state index contributed by atoms with van der Waals surface area (Å²) in [5, 5.41) is 11.1. The lowest BCUT2D eigenvalue weighted by Crippen LogP contribution is -2.39. The van der Waals surface area contributed by atoms with Gasteiger partial charge in [0.05, 0.1) is 19.3 Å². The molecule has 1 unspecified atom stereocenters. The zero-order chi connectivity index (χ0) is 20.5. The Morgan fingerprint density at radius 3 is 2.36 bits per heavy atom. The molecule has 0 aliphatic carbocycles. The van der Waals surface area contributed by atoms with Gasteiger partial charge in [0, 0.05) is 24.9 Å². The number of ether oxygens (including phenoxy) is 1. The second-order valence-corrected chi connectivity index (χ2v) is 6.64. The number of rotatable bonds is 5. The molecular weight excluding hydrogens is 348 g/mol. The van der Waals surface area contributed by atoms with Gasteiger partial charge in [0.25, 0.3) is 0 Å². The molecule has 3 rings (SSSR count). The molecule has 1 saturated heterocycles. The predicted molar refractivity (Wildman–Crippen MR) is 116 cm³/mol. The summed E-state index contributed by atoms with van der Waals surface area (Å²) >= 11 is 0. The number of pyridine rings is 1. The van der Waals surface area contributed by atoms with Gasteiger partial charge in [-0.3, -0.25) is 9.88 Å². The molecule has 4 nitrogen and oxygen atoms in total. The van der Waals surface area contributed by atoms with Crippen molar-refractivity contribution < 1.29 is 9.84 Å². The van der Waals surface area contributed by atoms with Gasteiger partial charge in [-0.2, -0.15) is 0 Å². The molecule has 0 saturated carbocycles. The van der Waals surface area contributed by atoms with E-state index in [0.717, 1.165) is 29.8 Å². The van der Waals surface area contributed by atoms with Gasteiger partial charge >= 0.3 is 0 Å². The lowest BCUT2D eigenvalue weighted by atomic mass is 9.93. The highest BCUT2D eigenvalue weighted by Crippen LogP contribution is 2.34. The third-order valence-corrected chi connectivity index (χ3v) is 4.83. The summed E-state index contributed by atoms with van der Waals surface area (Å²) in [5.74, 6) is 0.190. The topological polar surface area (TPSA) is 45.6 Å². The molecule has 1 aromatic carbocycles. The van der Waals surface area contributed by atoms with Crippen LogP contribution in [0.15, 0.2) is 60.8 Å². The van der Waals surface area contributed by atoms with Crippen LogP contribution in [-0.2, 0) is 4.74 Å². The first-order chi connectivity index (χ1) is 13.6. The maximum atomic E-state index is 11.1. The van der Waals surface area contributed by atoms with E-state index in [9.17, 15) is 5.11 Å². The summed E-state index contributed by atoms with van der Waals surface area (Å²) in [5.41, 5.74) is 4.66. The molecule has 0 amide bonds. The molecule has 2 aromatic rings. The lowest BCUT2D eigenvalue weighted by molar-refractivity contribution is 0.0236. The summed E-state index contributed by atoms with van der Waals surface area (Å²) in [6.45, 7) is 15.0. The lowest BCUT2D eigenvalue weighted by Gasteiger charge is -2.36. The Bertz CT molecular complexity index is 791. The number of aromatic nitrogens is 1. The van der Waals surface area contributed by atoms with Crippen LogP contribution in [0.25, 0.3) is 5.76 Å². The van der Waals surface area contributed by atoms with Gasteiger partial charge < -0.3 is 9.84 Å². The zero-order valence-corrected chi connectivity index (χ0v) is 17.5. The molecule has 1 atom stereocenters. The SMILES string of the molecule is C=C/C(=C(/O)c1ncccc1C)C(c1ccc(C)cc1)N1CCOCC1.CC. The molecular formula is C24H32N2O2. The second kappa shape index (κ2) is 10.8. The number of benzene rings is 1. The Balaban J connectivity index is 0.00000136. The molecule has 2 heterocycles. The van der Waals surface area contributed by atoms with Gasteiger partial charge in [-0.05, 0) is 31.0 Å². The van der Waals surface area contributed by atoms with Crippen molar-refractivity contribution in [2.24, 2.45) is 0 Å². The maximum Gasteiger partial charge on any atom is 0.146 e. The highest BCUT2D eigenvalue weighted by molar-refractivity contribution is 5.65. The van der Waals surface area contributed by atoms with Gasteiger partial charge in [0.2, 0.25) is 0 Å². The molecule has 0 spiro atoms. The second-order valence-electron chi connectivity index (χ2n) is 6.64. The van der Waals surface area contributed by atoms with Crippen LogP contribution >= 0.6 is 0 Å². The van der Waals surface area contributed by atoms with E-state index < -0.39 is 0 Å². The summed E-state index contributed by atoms with van der Waals surface area (Å²) in [7, 11) is 0. The smallest absolute Gasteiger partial charge is 0.146 e. The molecule has 1 fully saturated rings. The molecule has 1 aromatic heterocycles. The number of aliphatic hydroxyl groups excluding tert-OH is 1. The highest BCUT2D eigenvalue weighted by atomic mass is 16.5. The fraction of sp³-hybridized carbons (Fsp3) is 0.375. The first-order valence-electron chi connectivity index (χ1n) is 9.97. The Morgan fingerprint density at radius 2 is 1.79 bits per heavy atom. The first-order valence-corrected chi connectivity index (χ1v) is 9.97. The predicted octanol–water partition coefficient (Wildman–Crippen LogP) is 5.25. The van der Waals surface area contributed by atoms with Crippen LogP contribution in [0.5, 0.6) is 0 Å². The van der Waals surface area contributed by atoms with Crippen molar-refractivity contribution in [3.05, 3.63) is 83.2 Å². The number of morpholine rings is 1. The van der Waals surface area contributed by atoms with Crippen molar-refractivity contribution in [3.8, 4) is 0 Å². The van der Waals surface area contributed by atoms with E-state index in [0.29, 0.717) is 18.9 Å². The number of hydrogen-bond acceptors (Lipinski definition) is 4. The van der Waals surface area contributed by atoms with Crippen molar-refractivity contribution in [2.75, 3.05) is 26.3 Å². The van der Waals surface area contributed by atoms with Crippen LogP contribution in [0.2, 0.25) is 0 Å². The Kier molecular flexibility index (Phi) is 8.42. The average molecular weight is 381 g/mol. The van der Waals surface area contributed by atoms with Crippen LogP contribution in [0, 0.1) is 13.8 Å². The Morgan fingerprint density at radius 1 is 1.14 bits per heavy atom. The average Bonchev–Trinajstić information content (AvgIpc) is 2.75. The minimum Gasteiger partial charge on any atom is -0.505 e. The maximum absolute atomic E-state index is 11.1. The highest BCUT2D eigenvalue weighted by Gasteiger charge is 2.28. The molecule has 1 aliphatic heterocycles. The molecule has 4 heteroatoms. The van der Waals surface area contributed by atoms with Crippen LogP contribution in [0.3, 0.4) is 0 Å². The van der Waals surface area contributed by atoms with Gasteiger partial charge in [-0.1, -0.05) is 62.4 Å².